The molecule has 0 saturated heterocycles. The lowest BCUT2D eigenvalue weighted by Gasteiger charge is -2.48. The van der Waals surface area contributed by atoms with Crippen molar-refractivity contribution >= 4 is 16.8 Å². The molecule has 0 spiro atoms. The molecule has 5 heterocycles. The van der Waals surface area contributed by atoms with Crippen LogP contribution >= 0.6 is 0 Å². The number of pyridine rings is 2. The number of benzene rings is 1. The highest BCUT2D eigenvalue weighted by Crippen LogP contribution is 2.51. The van der Waals surface area contributed by atoms with Gasteiger partial charge in [0.15, 0.2) is 6.17 Å². The van der Waals surface area contributed by atoms with Crippen molar-refractivity contribution in [2.75, 3.05) is 0 Å². The molecule has 0 bridgehead atoms. The molecule has 2 atom stereocenters. The molecule has 7 nitrogen and oxygen atoms in total. The first-order valence-corrected chi connectivity index (χ1v) is 11.7. The van der Waals surface area contributed by atoms with Crippen LogP contribution in [0, 0.1) is 0 Å². The molecule has 170 valence electrons. The van der Waals surface area contributed by atoms with Crippen LogP contribution in [-0.4, -0.2) is 27.6 Å². The van der Waals surface area contributed by atoms with E-state index in [4.69, 9.17) is 0 Å². The van der Waals surface area contributed by atoms with Crippen LogP contribution in [-0.2, 0) is 10.2 Å². The van der Waals surface area contributed by atoms with Crippen molar-refractivity contribution < 1.29 is 4.79 Å². The average molecular weight is 451 g/mol. The number of carbonyl (C=O) groups is 1. The number of hydrogen-bond acceptors (Lipinski definition) is 6. The lowest BCUT2D eigenvalue weighted by molar-refractivity contribution is -0.120. The third-order valence-electron chi connectivity index (χ3n) is 7.25. The van der Waals surface area contributed by atoms with Crippen LogP contribution in [0.1, 0.15) is 39.2 Å². The fraction of sp³-hybridized carbons (Fsp3) is 0.296. The van der Waals surface area contributed by atoms with Gasteiger partial charge in [0.1, 0.15) is 0 Å². The maximum Gasteiger partial charge on any atom is 0.250 e. The average Bonchev–Trinajstić information content (AvgIpc) is 3.30. The number of fused-ring (bicyclic) bond motifs is 2. The first-order chi connectivity index (χ1) is 16.4. The van der Waals surface area contributed by atoms with Gasteiger partial charge in [-0.25, -0.2) is 0 Å². The molecule has 0 saturated carbocycles. The van der Waals surface area contributed by atoms with Crippen LogP contribution in [0.15, 0.2) is 88.3 Å². The minimum Gasteiger partial charge on any atom is -0.362 e. The van der Waals surface area contributed by atoms with Gasteiger partial charge in [0.25, 0.3) is 5.91 Å². The number of aromatic nitrogens is 2. The Morgan fingerprint density at radius 3 is 2.88 bits per heavy atom. The molecular formula is C27H26N6O. The van der Waals surface area contributed by atoms with E-state index in [9.17, 15) is 4.79 Å². The van der Waals surface area contributed by atoms with Crippen molar-refractivity contribution in [3.63, 3.8) is 0 Å². The van der Waals surface area contributed by atoms with Crippen LogP contribution in [0.3, 0.4) is 0 Å². The smallest absolute Gasteiger partial charge is 0.250 e. The Labute approximate surface area is 198 Å². The van der Waals surface area contributed by atoms with E-state index >= 15 is 0 Å². The molecule has 1 unspecified atom stereocenters. The molecule has 6 rings (SSSR count). The highest BCUT2D eigenvalue weighted by Gasteiger charge is 2.53. The van der Waals surface area contributed by atoms with Crippen LogP contribution in [0.5, 0.6) is 0 Å². The Morgan fingerprint density at radius 2 is 2.03 bits per heavy atom. The Hall–Kier alpha value is -3.87. The zero-order chi connectivity index (χ0) is 23.5. The predicted octanol–water partition coefficient (Wildman–Crippen LogP) is 4.78. The number of nitrogens with zero attached hydrogens (tertiary/aromatic N) is 4. The van der Waals surface area contributed by atoms with E-state index in [1.165, 1.54) is 0 Å². The molecule has 1 aromatic carbocycles. The van der Waals surface area contributed by atoms with Crippen molar-refractivity contribution in [3.05, 3.63) is 83.6 Å². The highest BCUT2D eigenvalue weighted by atomic mass is 16.2. The summed E-state index contributed by atoms with van der Waals surface area (Å²) in [6, 6.07) is 12.5. The third kappa shape index (κ3) is 2.93. The van der Waals surface area contributed by atoms with E-state index in [-0.39, 0.29) is 17.6 Å². The van der Waals surface area contributed by atoms with E-state index in [0.717, 1.165) is 57.3 Å². The van der Waals surface area contributed by atoms with Crippen molar-refractivity contribution in [2.45, 2.75) is 50.7 Å². The SMILES string of the molecule is CC[C@@]1(c2cccc(-c3ccnc4cnccc34)c2)C2=CN=NC2NC2=C1C(=O)NC(C)(C)C2. The summed E-state index contributed by atoms with van der Waals surface area (Å²) in [7, 11) is 0. The summed E-state index contributed by atoms with van der Waals surface area (Å²) >= 11 is 0. The van der Waals surface area contributed by atoms with Crippen molar-refractivity contribution in [1.29, 1.82) is 0 Å². The summed E-state index contributed by atoms with van der Waals surface area (Å²) in [6.07, 6.45) is 8.41. The fourth-order valence-electron chi connectivity index (χ4n) is 5.81. The lowest BCUT2D eigenvalue weighted by atomic mass is 9.62. The van der Waals surface area contributed by atoms with Crippen LogP contribution in [0.2, 0.25) is 0 Å². The Bertz CT molecular complexity index is 1430. The maximum absolute atomic E-state index is 13.6. The largest absolute Gasteiger partial charge is 0.362 e. The standard InChI is InChI=1S/C27H26N6O/c1-4-27(20-14-30-33-24(20)31-21-13-26(2,3)32-25(34)23(21)27)17-7-5-6-16(12-17)18-9-11-29-22-15-28-10-8-19(18)22/h5-12,14-15,24,31H,4,13H2,1-3H3,(H,32,34)/t24?,27-/m1/s1. The second-order valence-electron chi connectivity index (χ2n) is 9.82. The van der Waals surface area contributed by atoms with Gasteiger partial charge in [-0.05, 0) is 55.2 Å². The van der Waals surface area contributed by atoms with E-state index < -0.39 is 5.41 Å². The number of carbonyl (C=O) groups excluding carboxylic acids is 1. The van der Waals surface area contributed by atoms with Gasteiger partial charge < -0.3 is 10.6 Å². The second-order valence-corrected chi connectivity index (χ2v) is 9.82. The molecule has 2 N–H and O–H groups in total. The van der Waals surface area contributed by atoms with E-state index in [1.54, 1.807) is 12.4 Å². The molecule has 3 aliphatic rings. The first-order valence-electron chi connectivity index (χ1n) is 11.7. The van der Waals surface area contributed by atoms with Crippen LogP contribution < -0.4 is 10.6 Å². The van der Waals surface area contributed by atoms with Gasteiger partial charge in [-0.1, -0.05) is 25.1 Å². The number of azo groups is 1. The van der Waals surface area contributed by atoms with E-state index in [1.807, 2.05) is 24.5 Å². The molecule has 0 aliphatic carbocycles. The maximum atomic E-state index is 13.6. The molecule has 1 amide bonds. The number of hydrogen-bond donors (Lipinski definition) is 2. The fourth-order valence-corrected chi connectivity index (χ4v) is 5.81. The molecule has 3 aromatic rings. The highest BCUT2D eigenvalue weighted by molar-refractivity contribution is 6.00. The molecule has 0 fully saturated rings. The van der Waals surface area contributed by atoms with Crippen LogP contribution in [0.25, 0.3) is 22.0 Å². The predicted molar refractivity (Wildman–Crippen MR) is 131 cm³/mol. The summed E-state index contributed by atoms with van der Waals surface area (Å²) in [5.74, 6) is -0.0299. The quantitative estimate of drug-likeness (QED) is 0.601. The Kier molecular flexibility index (Phi) is 4.46. The summed E-state index contributed by atoms with van der Waals surface area (Å²) < 4.78 is 0. The summed E-state index contributed by atoms with van der Waals surface area (Å²) in [4.78, 5) is 22.3. The molecule has 3 aliphatic heterocycles. The van der Waals surface area contributed by atoms with E-state index in [0.29, 0.717) is 0 Å². The minimum absolute atomic E-state index is 0.0299. The van der Waals surface area contributed by atoms with Gasteiger partial charge in [0.05, 0.1) is 28.9 Å². The molecule has 34 heavy (non-hydrogen) atoms. The van der Waals surface area contributed by atoms with Gasteiger partial charge in [-0.2, -0.15) is 10.2 Å². The molecule has 2 aromatic heterocycles. The van der Waals surface area contributed by atoms with Gasteiger partial charge in [0, 0.05) is 41.0 Å². The summed E-state index contributed by atoms with van der Waals surface area (Å²) in [5.41, 5.74) is 5.90. The summed E-state index contributed by atoms with van der Waals surface area (Å²) in [5, 5.41) is 16.5. The van der Waals surface area contributed by atoms with Crippen molar-refractivity contribution in [3.8, 4) is 11.1 Å². The zero-order valence-electron chi connectivity index (χ0n) is 19.5. The molecule has 7 heteroatoms. The third-order valence-corrected chi connectivity index (χ3v) is 7.25. The zero-order valence-corrected chi connectivity index (χ0v) is 19.5. The van der Waals surface area contributed by atoms with Gasteiger partial charge in [0.2, 0.25) is 0 Å². The van der Waals surface area contributed by atoms with Crippen LogP contribution in [0.4, 0.5) is 0 Å². The minimum atomic E-state index is -0.615. The first kappa shape index (κ1) is 20.7. The normalized spacial score (nSPS) is 24.9. The monoisotopic (exact) mass is 450 g/mol. The van der Waals surface area contributed by atoms with Gasteiger partial charge in [-0.15, -0.1) is 0 Å². The topological polar surface area (TPSA) is 91.6 Å². The summed E-state index contributed by atoms with van der Waals surface area (Å²) in [6.45, 7) is 6.24. The Balaban J connectivity index is 1.59. The number of nitrogens with one attached hydrogen (secondary N) is 2. The number of amides is 1. The van der Waals surface area contributed by atoms with Gasteiger partial charge >= 0.3 is 0 Å². The molecular weight excluding hydrogens is 424 g/mol. The van der Waals surface area contributed by atoms with Crippen molar-refractivity contribution in [2.24, 2.45) is 10.2 Å². The number of rotatable bonds is 3. The van der Waals surface area contributed by atoms with Crippen molar-refractivity contribution in [1.82, 2.24) is 20.6 Å². The van der Waals surface area contributed by atoms with E-state index in [2.05, 4.69) is 75.9 Å². The van der Waals surface area contributed by atoms with Gasteiger partial charge in [-0.3, -0.25) is 14.8 Å². The second kappa shape index (κ2) is 7.32. The Morgan fingerprint density at radius 1 is 1.15 bits per heavy atom. The lowest BCUT2D eigenvalue weighted by Crippen LogP contribution is -2.58. The molecule has 0 radical (unpaired) electrons.